The maximum absolute atomic E-state index is 13.5. The Morgan fingerprint density at radius 3 is 1.36 bits per heavy atom. The number of amides is 2. The standard InChI is InChI=1S/C75H140N2O21/c1-4-6-8-10-12-14-16-18-19-20-21-22-23-24-25-26-27-28-29-30-31-32-33-34-35-37-39-41-43-45-47-49-62(85)77-56(57(82)48-46-44-42-40-38-36-17-15-13-11-9-7-5-2)54-93-72-67(89)66(88)69(61(53-80)95-72)96-73-68(90)71(65(87)60(52-79)94-73)98-75(74(91)92)50-58(83)63(76-55(3)81)70(97-75)64(86)59(84)51-78/h46,48,56-61,63-73,78-80,82-84,86-90H,4-45,47,49-54H2,1-3H3,(H,76,81)(H,77,85)(H,91,92)/b48-46+. The molecule has 18 unspecified atom stereocenters. The van der Waals surface area contributed by atoms with Crippen molar-refractivity contribution >= 4 is 17.8 Å². The van der Waals surface area contributed by atoms with Gasteiger partial charge in [-0.3, -0.25) is 9.59 Å². The molecule has 98 heavy (non-hydrogen) atoms. The Hall–Kier alpha value is -2.53. The van der Waals surface area contributed by atoms with Gasteiger partial charge in [0, 0.05) is 19.8 Å². The van der Waals surface area contributed by atoms with Crippen molar-refractivity contribution < 1.29 is 104 Å². The molecule has 2 amide bonds. The fourth-order valence-corrected chi connectivity index (χ4v) is 13.8. The summed E-state index contributed by atoms with van der Waals surface area (Å²) in [6.07, 6.45) is 28.5. The van der Waals surface area contributed by atoms with Crippen LogP contribution in [0.3, 0.4) is 0 Å². The van der Waals surface area contributed by atoms with Gasteiger partial charge < -0.3 is 100 Å². The molecule has 0 spiro atoms. The third-order valence-corrected chi connectivity index (χ3v) is 20.0. The van der Waals surface area contributed by atoms with Crippen LogP contribution in [-0.2, 0) is 42.8 Å². The van der Waals surface area contributed by atoms with Crippen LogP contribution in [0.2, 0.25) is 0 Å². The molecule has 23 nitrogen and oxygen atoms in total. The SMILES string of the molecule is CCCCCCCCCCCCC/C=C/C(O)C(COC1OC(CO)C(OC2OC(CO)C(O)C(OC3(C(=O)O)CC(O)C(NC(C)=O)C(C(O)C(O)CO)O3)C2O)C(O)C1O)NC(=O)CCCCCCCCCCCCCCCCCCCCCCCCCCCCCCCCC. The zero-order valence-corrected chi connectivity index (χ0v) is 60.7. The molecule has 0 aliphatic carbocycles. The van der Waals surface area contributed by atoms with Crippen LogP contribution in [-0.4, -0.2) is 215 Å². The predicted octanol–water partition coefficient (Wildman–Crippen LogP) is 9.41. The van der Waals surface area contributed by atoms with Crippen molar-refractivity contribution in [3.8, 4) is 0 Å². The number of aliphatic carboxylic acids is 1. The number of aliphatic hydroxyl groups excluding tert-OH is 11. The van der Waals surface area contributed by atoms with Crippen molar-refractivity contribution in [2.45, 2.75) is 420 Å². The lowest BCUT2D eigenvalue weighted by Crippen LogP contribution is -2.70. The molecule has 3 aliphatic heterocycles. The number of carboxylic acids is 1. The topological polar surface area (TPSA) is 373 Å². The molecule has 0 saturated carbocycles. The summed E-state index contributed by atoms with van der Waals surface area (Å²) in [7, 11) is 0. The molecule has 0 aromatic rings. The van der Waals surface area contributed by atoms with Crippen LogP contribution < -0.4 is 10.6 Å². The van der Waals surface area contributed by atoms with Gasteiger partial charge in [-0.25, -0.2) is 4.79 Å². The Balaban J connectivity index is 1.47. The lowest BCUT2D eigenvalue weighted by molar-refractivity contribution is -0.386. The first-order valence-corrected chi connectivity index (χ1v) is 39.1. The molecule has 3 rings (SSSR count). The summed E-state index contributed by atoms with van der Waals surface area (Å²) in [6.45, 7) is 2.16. The molecule has 14 N–H and O–H groups in total. The minimum Gasteiger partial charge on any atom is -0.477 e. The quantitative estimate of drug-likeness (QED) is 0.0199. The zero-order valence-electron chi connectivity index (χ0n) is 60.7. The number of ether oxygens (including phenoxy) is 6. The van der Waals surface area contributed by atoms with Crippen molar-refractivity contribution in [3.05, 3.63) is 12.2 Å². The minimum absolute atomic E-state index is 0.205. The third kappa shape index (κ3) is 35.8. The van der Waals surface area contributed by atoms with Crippen molar-refractivity contribution in [2.24, 2.45) is 0 Å². The van der Waals surface area contributed by atoms with Gasteiger partial charge in [0.2, 0.25) is 11.8 Å². The van der Waals surface area contributed by atoms with Crippen molar-refractivity contribution in [1.82, 2.24) is 10.6 Å². The van der Waals surface area contributed by atoms with E-state index in [1.165, 1.54) is 218 Å². The van der Waals surface area contributed by atoms with Crippen LogP contribution in [0.4, 0.5) is 0 Å². The van der Waals surface area contributed by atoms with E-state index in [2.05, 4.69) is 24.5 Å². The number of carbonyl (C=O) groups excluding carboxylic acids is 2. The van der Waals surface area contributed by atoms with E-state index in [-0.39, 0.29) is 12.3 Å². The van der Waals surface area contributed by atoms with Gasteiger partial charge in [0.1, 0.15) is 67.1 Å². The summed E-state index contributed by atoms with van der Waals surface area (Å²) < 4.78 is 34.8. The molecular formula is C75H140N2O21. The van der Waals surface area contributed by atoms with Gasteiger partial charge in [-0.15, -0.1) is 0 Å². The van der Waals surface area contributed by atoms with Crippen LogP contribution in [0, 0.1) is 0 Å². The fraction of sp³-hybridized carbons (Fsp3) is 0.933. The highest BCUT2D eigenvalue weighted by Crippen LogP contribution is 2.39. The number of aliphatic hydroxyl groups is 11. The Kier molecular flexibility index (Phi) is 50.4. The van der Waals surface area contributed by atoms with Gasteiger partial charge in [-0.05, 0) is 19.3 Å². The second kappa shape index (κ2) is 55.0. The van der Waals surface area contributed by atoms with E-state index in [0.717, 1.165) is 51.9 Å². The van der Waals surface area contributed by atoms with E-state index in [0.29, 0.717) is 12.8 Å². The van der Waals surface area contributed by atoms with Crippen molar-refractivity contribution in [1.29, 1.82) is 0 Å². The van der Waals surface area contributed by atoms with Gasteiger partial charge in [0.15, 0.2) is 12.6 Å². The Bertz CT molecular complexity index is 2010. The molecule has 3 aliphatic rings. The molecule has 23 heteroatoms. The monoisotopic (exact) mass is 1400 g/mol. The van der Waals surface area contributed by atoms with Crippen molar-refractivity contribution in [3.63, 3.8) is 0 Å². The number of hydrogen-bond donors (Lipinski definition) is 14. The third-order valence-electron chi connectivity index (χ3n) is 20.0. The predicted molar refractivity (Wildman–Crippen MR) is 375 cm³/mol. The highest BCUT2D eigenvalue weighted by molar-refractivity contribution is 5.77. The summed E-state index contributed by atoms with van der Waals surface area (Å²) in [5, 5.41) is 136. The van der Waals surface area contributed by atoms with Crippen LogP contribution in [0.15, 0.2) is 12.2 Å². The van der Waals surface area contributed by atoms with Crippen molar-refractivity contribution in [2.75, 3.05) is 26.4 Å². The minimum atomic E-state index is -3.08. The molecule has 576 valence electrons. The first kappa shape index (κ1) is 89.7. The number of nitrogens with one attached hydrogen (secondary N) is 2. The Labute approximate surface area is 588 Å². The van der Waals surface area contributed by atoms with Gasteiger partial charge in [0.05, 0.1) is 50.7 Å². The Morgan fingerprint density at radius 2 is 0.949 bits per heavy atom. The smallest absolute Gasteiger partial charge is 0.364 e. The molecule has 0 aromatic heterocycles. The maximum Gasteiger partial charge on any atom is 0.364 e. The summed E-state index contributed by atoms with van der Waals surface area (Å²) in [5.74, 6) is -6.13. The number of carbonyl (C=O) groups is 3. The molecule has 0 aromatic carbocycles. The molecule has 3 saturated heterocycles. The number of unbranched alkanes of at least 4 members (excludes halogenated alkanes) is 41. The summed E-state index contributed by atoms with van der Waals surface area (Å²) >= 11 is 0. The highest BCUT2D eigenvalue weighted by atomic mass is 16.8. The number of rotatable bonds is 61. The molecule has 0 radical (unpaired) electrons. The van der Waals surface area contributed by atoms with Crippen LogP contribution in [0.25, 0.3) is 0 Å². The lowest BCUT2D eigenvalue weighted by atomic mass is 9.88. The largest absolute Gasteiger partial charge is 0.477 e. The number of carboxylic acid groups (broad SMARTS) is 1. The molecular weight excluding hydrogens is 1260 g/mol. The van der Waals surface area contributed by atoms with E-state index in [9.17, 15) is 75.7 Å². The van der Waals surface area contributed by atoms with Gasteiger partial charge in [-0.2, -0.15) is 0 Å². The fourth-order valence-electron chi connectivity index (χ4n) is 13.8. The number of allylic oxidation sites excluding steroid dienone is 1. The average Bonchev–Trinajstić information content (AvgIpc) is 0.756. The Morgan fingerprint density at radius 1 is 0.531 bits per heavy atom. The summed E-state index contributed by atoms with van der Waals surface area (Å²) in [4.78, 5) is 38.6. The molecule has 3 fully saturated rings. The number of hydrogen-bond acceptors (Lipinski definition) is 20. The van der Waals surface area contributed by atoms with E-state index >= 15 is 0 Å². The summed E-state index contributed by atoms with van der Waals surface area (Å²) in [6, 6.07) is -2.61. The van der Waals surface area contributed by atoms with Gasteiger partial charge >= 0.3 is 5.97 Å². The van der Waals surface area contributed by atoms with E-state index < -0.39 is 155 Å². The molecule has 3 heterocycles. The van der Waals surface area contributed by atoms with Crippen LogP contribution in [0.5, 0.6) is 0 Å². The van der Waals surface area contributed by atoms with E-state index in [4.69, 9.17) is 28.4 Å². The molecule has 18 atom stereocenters. The average molecular weight is 1410 g/mol. The highest BCUT2D eigenvalue weighted by Gasteiger charge is 2.60. The second-order valence-corrected chi connectivity index (χ2v) is 28.6. The van der Waals surface area contributed by atoms with Gasteiger partial charge in [-0.1, -0.05) is 283 Å². The van der Waals surface area contributed by atoms with Gasteiger partial charge in [0.25, 0.3) is 5.79 Å². The maximum atomic E-state index is 13.5. The van der Waals surface area contributed by atoms with Crippen LogP contribution >= 0.6 is 0 Å². The molecule has 0 bridgehead atoms. The first-order chi connectivity index (χ1) is 47.4. The normalized spacial score (nSPS) is 27.3. The van der Waals surface area contributed by atoms with E-state index in [1.54, 1.807) is 6.08 Å². The second-order valence-electron chi connectivity index (χ2n) is 28.6. The zero-order chi connectivity index (χ0) is 71.8. The summed E-state index contributed by atoms with van der Waals surface area (Å²) in [5.41, 5.74) is 0. The lowest BCUT2D eigenvalue weighted by Gasteiger charge is -2.50. The van der Waals surface area contributed by atoms with E-state index in [1.807, 2.05) is 6.08 Å². The first-order valence-electron chi connectivity index (χ1n) is 39.1. The van der Waals surface area contributed by atoms with Crippen LogP contribution in [0.1, 0.15) is 310 Å².